The largest absolute Gasteiger partial charge is 0.379 e. The van der Waals surface area contributed by atoms with Gasteiger partial charge in [0, 0.05) is 67.3 Å². The van der Waals surface area contributed by atoms with Gasteiger partial charge in [-0.15, -0.1) is 0 Å². The lowest BCUT2D eigenvalue weighted by Crippen LogP contribution is -2.53. The molecule has 0 unspecified atom stereocenters. The number of halogens is 2. The van der Waals surface area contributed by atoms with Crippen LogP contribution >= 0.6 is 23.2 Å². The van der Waals surface area contributed by atoms with Crippen LogP contribution in [-0.4, -0.2) is 113 Å². The van der Waals surface area contributed by atoms with E-state index in [1.807, 2.05) is 17.0 Å². The summed E-state index contributed by atoms with van der Waals surface area (Å²) in [6.45, 7) is 5.19. The smallest absolute Gasteiger partial charge is 0.264 e. The fourth-order valence-electron chi connectivity index (χ4n) is 6.44. The Kier molecular flexibility index (Phi) is 8.73. The standard InChI is InChI=1S/C32H32Cl2N8O5S/c1-32(24-4-2-22(3-5-24)23-17-35-21-36-18-23)30(44)41(27-15-25(33)14-26(34)16-27)31-37-19-29(42(31)32)48(45,46)40-8-6-39(7-9-40)28(43)20-38-10-12-47-13-11-38/h2-5,14-19,21H,6-13,20H2,1H3/t32-/m1/s1. The third-order valence-corrected chi connectivity index (χ3v) is 11.4. The van der Waals surface area contributed by atoms with Crippen LogP contribution in [-0.2, 0) is 29.9 Å². The Labute approximate surface area is 287 Å². The van der Waals surface area contributed by atoms with Crippen LogP contribution in [0.2, 0.25) is 10.0 Å². The Hall–Kier alpha value is -3.92. The molecule has 2 aromatic heterocycles. The van der Waals surface area contributed by atoms with Gasteiger partial charge in [-0.05, 0) is 36.2 Å². The minimum atomic E-state index is -4.17. The number of amides is 2. The van der Waals surface area contributed by atoms with Crippen molar-refractivity contribution in [1.82, 2.24) is 33.6 Å². The van der Waals surface area contributed by atoms with Crippen molar-refractivity contribution >= 4 is 56.7 Å². The summed E-state index contributed by atoms with van der Waals surface area (Å²) >= 11 is 12.7. The molecule has 0 radical (unpaired) electrons. The summed E-state index contributed by atoms with van der Waals surface area (Å²) < 4.78 is 36.9. The van der Waals surface area contributed by atoms with Crippen molar-refractivity contribution in [2.75, 3.05) is 63.9 Å². The monoisotopic (exact) mass is 710 g/mol. The molecule has 2 saturated heterocycles. The third-order valence-electron chi connectivity index (χ3n) is 9.08. The number of aromatic nitrogens is 4. The van der Waals surface area contributed by atoms with E-state index in [0.717, 1.165) is 11.1 Å². The Morgan fingerprint density at radius 1 is 0.896 bits per heavy atom. The zero-order valence-corrected chi connectivity index (χ0v) is 28.3. The zero-order valence-electron chi connectivity index (χ0n) is 26.0. The Morgan fingerprint density at radius 3 is 2.19 bits per heavy atom. The number of sulfonamides is 1. The minimum Gasteiger partial charge on any atom is -0.379 e. The number of benzene rings is 2. The van der Waals surface area contributed by atoms with Crippen LogP contribution < -0.4 is 4.90 Å². The molecule has 0 N–H and O–H groups in total. The van der Waals surface area contributed by atoms with Gasteiger partial charge in [-0.1, -0.05) is 47.5 Å². The topological polar surface area (TPSA) is 134 Å². The summed E-state index contributed by atoms with van der Waals surface area (Å²) in [7, 11) is -4.17. The molecule has 0 aliphatic carbocycles. The maximum atomic E-state index is 14.6. The number of hydrogen-bond donors (Lipinski definition) is 0. The van der Waals surface area contributed by atoms with Gasteiger partial charge in [-0.2, -0.15) is 4.31 Å². The number of anilines is 2. The molecule has 0 saturated carbocycles. The van der Waals surface area contributed by atoms with Crippen molar-refractivity contribution in [2.45, 2.75) is 17.5 Å². The second-order valence-corrected chi connectivity index (χ2v) is 14.7. The van der Waals surface area contributed by atoms with E-state index in [9.17, 15) is 18.0 Å². The van der Waals surface area contributed by atoms with Crippen molar-refractivity contribution in [1.29, 1.82) is 0 Å². The van der Waals surface area contributed by atoms with Crippen LogP contribution in [0.5, 0.6) is 0 Å². The van der Waals surface area contributed by atoms with Crippen molar-refractivity contribution in [3.63, 3.8) is 0 Å². The molecule has 3 aliphatic heterocycles. The molecule has 13 nitrogen and oxygen atoms in total. The molecule has 0 spiro atoms. The quantitative estimate of drug-likeness (QED) is 0.283. The first-order valence-corrected chi connectivity index (χ1v) is 17.6. The van der Waals surface area contributed by atoms with Crippen LogP contribution in [0.15, 0.2) is 72.4 Å². The van der Waals surface area contributed by atoms with Crippen molar-refractivity contribution in [2.24, 2.45) is 0 Å². The number of piperazine rings is 1. The lowest BCUT2D eigenvalue weighted by Gasteiger charge is -2.36. The molecular formula is C32H32Cl2N8O5S. The fraction of sp³-hybridized carbons (Fsp3) is 0.344. The highest BCUT2D eigenvalue weighted by Crippen LogP contribution is 2.46. The number of imidazole rings is 1. The van der Waals surface area contributed by atoms with Crippen molar-refractivity contribution in [3.05, 3.63) is 83.0 Å². The average molecular weight is 712 g/mol. The Bertz CT molecular complexity index is 1940. The first-order chi connectivity index (χ1) is 23.1. The molecule has 7 rings (SSSR count). The number of hydrogen-bond acceptors (Lipinski definition) is 9. The molecule has 16 heteroatoms. The van der Waals surface area contributed by atoms with Gasteiger partial charge in [0.15, 0.2) is 10.6 Å². The van der Waals surface area contributed by atoms with Gasteiger partial charge in [0.1, 0.15) is 6.33 Å². The van der Waals surface area contributed by atoms with E-state index >= 15 is 0 Å². The van der Waals surface area contributed by atoms with E-state index in [-0.39, 0.29) is 49.6 Å². The second kappa shape index (κ2) is 12.8. The van der Waals surface area contributed by atoms with Crippen LogP contribution in [0.4, 0.5) is 11.6 Å². The van der Waals surface area contributed by atoms with Gasteiger partial charge in [-0.25, -0.2) is 28.3 Å². The van der Waals surface area contributed by atoms with Gasteiger partial charge >= 0.3 is 0 Å². The van der Waals surface area contributed by atoms with Crippen molar-refractivity contribution in [3.8, 4) is 11.1 Å². The SMILES string of the molecule is C[C@@]1(c2ccc(-c3cncnc3)cc2)C(=O)N(c2cc(Cl)cc(Cl)c2)c2ncc(S(=O)(=O)N3CCN(C(=O)CN4CCOCC4)CC3)n21. The van der Waals surface area contributed by atoms with Crippen LogP contribution in [0.3, 0.4) is 0 Å². The number of nitrogens with zero attached hydrogens (tertiary/aromatic N) is 8. The molecule has 1 atom stereocenters. The molecule has 2 fully saturated rings. The van der Waals surface area contributed by atoms with Crippen LogP contribution in [0, 0.1) is 0 Å². The maximum absolute atomic E-state index is 14.6. The lowest BCUT2D eigenvalue weighted by atomic mass is 9.90. The Balaban J connectivity index is 1.23. The van der Waals surface area contributed by atoms with E-state index in [1.54, 1.807) is 54.5 Å². The van der Waals surface area contributed by atoms with Gasteiger partial charge in [0.25, 0.3) is 15.9 Å². The molecule has 2 aromatic carbocycles. The third kappa shape index (κ3) is 5.76. The summed E-state index contributed by atoms with van der Waals surface area (Å²) in [5.41, 5.74) is 0.980. The van der Waals surface area contributed by atoms with E-state index in [2.05, 4.69) is 15.0 Å². The van der Waals surface area contributed by atoms with E-state index < -0.39 is 21.5 Å². The second-order valence-electron chi connectivity index (χ2n) is 12.0. The lowest BCUT2D eigenvalue weighted by molar-refractivity contribution is -0.134. The molecule has 4 aromatic rings. The summed E-state index contributed by atoms with van der Waals surface area (Å²) in [4.78, 5) is 45.3. The van der Waals surface area contributed by atoms with Gasteiger partial charge in [-0.3, -0.25) is 19.1 Å². The molecular weight excluding hydrogens is 679 g/mol. The van der Waals surface area contributed by atoms with E-state index in [0.29, 0.717) is 47.6 Å². The molecule has 2 amide bonds. The number of rotatable bonds is 7. The zero-order chi connectivity index (χ0) is 33.6. The normalized spacial score (nSPS) is 20.7. The average Bonchev–Trinajstić information content (AvgIpc) is 3.63. The van der Waals surface area contributed by atoms with Gasteiger partial charge in [0.2, 0.25) is 11.9 Å². The summed E-state index contributed by atoms with van der Waals surface area (Å²) in [5, 5.41) is 0.471. The first kappa shape index (κ1) is 32.6. The van der Waals surface area contributed by atoms with E-state index in [1.165, 1.54) is 26.3 Å². The molecule has 250 valence electrons. The van der Waals surface area contributed by atoms with Gasteiger partial charge < -0.3 is 9.64 Å². The number of fused-ring (bicyclic) bond motifs is 1. The molecule has 3 aliphatic rings. The first-order valence-electron chi connectivity index (χ1n) is 15.4. The predicted molar refractivity (Wildman–Crippen MR) is 179 cm³/mol. The van der Waals surface area contributed by atoms with E-state index in [4.69, 9.17) is 27.9 Å². The summed E-state index contributed by atoms with van der Waals surface area (Å²) in [6.07, 6.45) is 6.09. The minimum absolute atomic E-state index is 0.0429. The predicted octanol–water partition coefficient (Wildman–Crippen LogP) is 3.25. The summed E-state index contributed by atoms with van der Waals surface area (Å²) in [5.74, 6) is -0.368. The van der Waals surface area contributed by atoms with Gasteiger partial charge in [0.05, 0.1) is 31.6 Å². The molecule has 5 heterocycles. The van der Waals surface area contributed by atoms with Crippen LogP contribution in [0.25, 0.3) is 11.1 Å². The van der Waals surface area contributed by atoms with Crippen molar-refractivity contribution < 1.29 is 22.7 Å². The number of ether oxygens (including phenoxy) is 1. The van der Waals surface area contributed by atoms with Crippen LogP contribution in [0.1, 0.15) is 12.5 Å². The fourth-order valence-corrected chi connectivity index (χ4v) is 8.54. The number of carbonyl (C=O) groups excluding carboxylic acids is 2. The highest BCUT2D eigenvalue weighted by atomic mass is 35.5. The maximum Gasteiger partial charge on any atom is 0.264 e. The highest BCUT2D eigenvalue weighted by Gasteiger charge is 2.53. The highest BCUT2D eigenvalue weighted by molar-refractivity contribution is 7.89. The molecule has 0 bridgehead atoms. The number of carbonyl (C=O) groups is 2. The Morgan fingerprint density at radius 2 is 1.54 bits per heavy atom. The summed E-state index contributed by atoms with van der Waals surface area (Å²) in [6, 6.07) is 12.0. The molecule has 48 heavy (non-hydrogen) atoms. The number of morpholine rings is 1.